The van der Waals surface area contributed by atoms with Gasteiger partial charge in [-0.1, -0.05) is 35.6 Å². The lowest BCUT2D eigenvalue weighted by Crippen LogP contribution is -2.39. The molecule has 1 atom stereocenters. The molecule has 1 unspecified atom stereocenters. The molecule has 0 N–H and O–H groups in total. The van der Waals surface area contributed by atoms with E-state index in [0.29, 0.717) is 43.4 Å². The van der Waals surface area contributed by atoms with Crippen molar-refractivity contribution in [3.8, 4) is 17.2 Å². The maximum atomic E-state index is 13.7. The molecular weight excluding hydrogens is 484 g/mol. The molecule has 186 valence electrons. The molecular formula is C26H24N2O7S. The minimum absolute atomic E-state index is 0.240. The standard InChI is InChI=1S/C26H24N2O7S/c1-14-22(25(31)34-5)23(17-10-11-19(32-3)20(12-17)33-4)28-24(30)21(36-26(28)27-14)13-16-8-6-7-9-18(16)35-15(2)29/h6-13,23H,1-5H3. The van der Waals surface area contributed by atoms with Crippen LogP contribution in [0.25, 0.3) is 6.08 Å². The van der Waals surface area contributed by atoms with Crippen LogP contribution in [-0.4, -0.2) is 37.8 Å². The Morgan fingerprint density at radius 1 is 1.03 bits per heavy atom. The molecule has 0 amide bonds. The van der Waals surface area contributed by atoms with E-state index in [9.17, 15) is 14.4 Å². The van der Waals surface area contributed by atoms with Crippen LogP contribution in [0.15, 0.2) is 63.5 Å². The van der Waals surface area contributed by atoms with Crippen molar-refractivity contribution in [3.63, 3.8) is 0 Å². The number of hydrogen-bond donors (Lipinski definition) is 0. The van der Waals surface area contributed by atoms with Crippen LogP contribution < -0.4 is 29.1 Å². The van der Waals surface area contributed by atoms with E-state index < -0.39 is 18.0 Å². The average Bonchev–Trinajstić information content (AvgIpc) is 3.17. The molecule has 10 heteroatoms. The van der Waals surface area contributed by atoms with Crippen molar-refractivity contribution in [2.75, 3.05) is 21.3 Å². The quantitative estimate of drug-likeness (QED) is 0.372. The Kier molecular flexibility index (Phi) is 7.07. The predicted octanol–water partition coefficient (Wildman–Crippen LogP) is 2.35. The zero-order chi connectivity index (χ0) is 26.0. The predicted molar refractivity (Wildman–Crippen MR) is 133 cm³/mol. The number of fused-ring (bicyclic) bond motifs is 1. The average molecular weight is 509 g/mol. The molecule has 0 aliphatic carbocycles. The summed E-state index contributed by atoms with van der Waals surface area (Å²) in [6.45, 7) is 3.01. The first-order valence-corrected chi connectivity index (χ1v) is 11.7. The number of nitrogens with zero attached hydrogens (tertiary/aromatic N) is 2. The van der Waals surface area contributed by atoms with Gasteiger partial charge in [-0.3, -0.25) is 14.2 Å². The van der Waals surface area contributed by atoms with Crippen LogP contribution in [0, 0.1) is 0 Å². The smallest absolute Gasteiger partial charge is 0.338 e. The topological polar surface area (TPSA) is 105 Å². The lowest BCUT2D eigenvalue weighted by atomic mass is 9.95. The summed E-state index contributed by atoms with van der Waals surface area (Å²) < 4.78 is 22.9. The maximum absolute atomic E-state index is 13.7. The Bertz CT molecular complexity index is 1570. The van der Waals surface area contributed by atoms with Crippen LogP contribution in [0.4, 0.5) is 0 Å². The number of esters is 2. The van der Waals surface area contributed by atoms with Crippen molar-refractivity contribution < 1.29 is 28.5 Å². The number of methoxy groups -OCH3 is 3. The largest absolute Gasteiger partial charge is 0.493 e. The number of rotatable bonds is 6. The summed E-state index contributed by atoms with van der Waals surface area (Å²) in [7, 11) is 4.32. The molecule has 0 saturated heterocycles. The maximum Gasteiger partial charge on any atom is 0.338 e. The summed E-state index contributed by atoms with van der Waals surface area (Å²) in [6.07, 6.45) is 1.64. The first-order valence-electron chi connectivity index (χ1n) is 10.9. The fourth-order valence-corrected chi connectivity index (χ4v) is 5.06. The van der Waals surface area contributed by atoms with Gasteiger partial charge in [0.15, 0.2) is 16.3 Å². The molecule has 1 aliphatic rings. The van der Waals surface area contributed by atoms with Gasteiger partial charge in [-0.25, -0.2) is 9.79 Å². The summed E-state index contributed by atoms with van der Waals surface area (Å²) in [4.78, 5) is 43.0. The molecule has 0 fully saturated rings. The number of allylic oxidation sites excluding steroid dienone is 1. The fraction of sp³-hybridized carbons (Fsp3) is 0.231. The van der Waals surface area contributed by atoms with Gasteiger partial charge < -0.3 is 18.9 Å². The molecule has 0 saturated carbocycles. The molecule has 0 radical (unpaired) electrons. The second kappa shape index (κ2) is 10.2. The Morgan fingerprint density at radius 3 is 2.42 bits per heavy atom. The van der Waals surface area contributed by atoms with Gasteiger partial charge in [-0.05, 0) is 36.8 Å². The summed E-state index contributed by atoms with van der Waals surface area (Å²) in [5, 5.41) is 0. The van der Waals surface area contributed by atoms with Crippen LogP contribution in [-0.2, 0) is 14.3 Å². The second-order valence-electron chi connectivity index (χ2n) is 7.82. The van der Waals surface area contributed by atoms with Crippen molar-refractivity contribution in [2.45, 2.75) is 19.9 Å². The van der Waals surface area contributed by atoms with Crippen LogP contribution in [0.3, 0.4) is 0 Å². The fourth-order valence-electron chi connectivity index (χ4n) is 4.02. The van der Waals surface area contributed by atoms with Crippen molar-refractivity contribution in [2.24, 2.45) is 4.99 Å². The lowest BCUT2D eigenvalue weighted by molar-refractivity contribution is -0.136. The third kappa shape index (κ3) is 4.55. The monoisotopic (exact) mass is 508 g/mol. The van der Waals surface area contributed by atoms with Crippen LogP contribution in [0.1, 0.15) is 31.0 Å². The van der Waals surface area contributed by atoms with Gasteiger partial charge in [-0.15, -0.1) is 0 Å². The first kappa shape index (κ1) is 24.9. The number of para-hydroxylation sites is 1. The number of carbonyl (C=O) groups excluding carboxylic acids is 2. The van der Waals surface area contributed by atoms with Crippen LogP contribution in [0.5, 0.6) is 17.2 Å². The first-order chi connectivity index (χ1) is 17.3. The van der Waals surface area contributed by atoms with Gasteiger partial charge in [-0.2, -0.15) is 0 Å². The molecule has 36 heavy (non-hydrogen) atoms. The van der Waals surface area contributed by atoms with E-state index in [1.54, 1.807) is 55.5 Å². The molecule has 1 aromatic heterocycles. The number of aromatic nitrogens is 1. The zero-order valence-electron chi connectivity index (χ0n) is 20.4. The highest BCUT2D eigenvalue weighted by Gasteiger charge is 2.33. The number of ether oxygens (including phenoxy) is 4. The van der Waals surface area contributed by atoms with Gasteiger partial charge in [0.05, 0.1) is 43.2 Å². The van der Waals surface area contributed by atoms with Gasteiger partial charge in [0.25, 0.3) is 5.56 Å². The molecule has 2 aromatic carbocycles. The minimum atomic E-state index is -0.806. The van der Waals surface area contributed by atoms with E-state index in [2.05, 4.69) is 4.99 Å². The normalized spacial score (nSPS) is 15.1. The second-order valence-corrected chi connectivity index (χ2v) is 8.83. The summed E-state index contributed by atoms with van der Waals surface area (Å²) >= 11 is 1.17. The van der Waals surface area contributed by atoms with Crippen LogP contribution in [0.2, 0.25) is 0 Å². The Hall–Kier alpha value is -4.18. The molecule has 0 bridgehead atoms. The van der Waals surface area contributed by atoms with Crippen molar-refractivity contribution in [3.05, 3.63) is 84.5 Å². The Morgan fingerprint density at radius 2 is 1.75 bits per heavy atom. The molecule has 4 rings (SSSR count). The summed E-state index contributed by atoms with van der Waals surface area (Å²) in [6, 6.07) is 11.3. The molecule has 0 spiro atoms. The van der Waals surface area contributed by atoms with Crippen molar-refractivity contribution in [1.29, 1.82) is 0 Å². The van der Waals surface area contributed by atoms with E-state index in [1.165, 1.54) is 44.2 Å². The van der Waals surface area contributed by atoms with E-state index in [-0.39, 0.29) is 11.1 Å². The number of thiazole rings is 1. The SMILES string of the molecule is COC(=O)C1=C(C)N=c2sc(=Cc3ccccc3OC(C)=O)c(=O)n2C1c1ccc(OC)c(OC)c1. The summed E-state index contributed by atoms with van der Waals surface area (Å²) in [5.74, 6) is 0.232. The highest BCUT2D eigenvalue weighted by Crippen LogP contribution is 2.36. The van der Waals surface area contributed by atoms with E-state index in [1.807, 2.05) is 0 Å². The zero-order valence-corrected chi connectivity index (χ0v) is 21.2. The minimum Gasteiger partial charge on any atom is -0.493 e. The molecule has 2 heterocycles. The lowest BCUT2D eigenvalue weighted by Gasteiger charge is -2.25. The number of benzene rings is 2. The third-order valence-corrected chi connectivity index (χ3v) is 6.59. The van der Waals surface area contributed by atoms with E-state index in [4.69, 9.17) is 18.9 Å². The number of hydrogen-bond acceptors (Lipinski definition) is 9. The summed E-state index contributed by atoms with van der Waals surface area (Å²) in [5.41, 5.74) is 1.50. The van der Waals surface area contributed by atoms with Crippen LogP contribution >= 0.6 is 11.3 Å². The highest BCUT2D eigenvalue weighted by atomic mass is 32.1. The Balaban J connectivity index is 1.97. The Labute approximate surface area is 210 Å². The highest BCUT2D eigenvalue weighted by molar-refractivity contribution is 7.07. The van der Waals surface area contributed by atoms with Crippen molar-refractivity contribution in [1.82, 2.24) is 4.57 Å². The molecule has 1 aliphatic heterocycles. The van der Waals surface area contributed by atoms with E-state index >= 15 is 0 Å². The molecule has 9 nitrogen and oxygen atoms in total. The van der Waals surface area contributed by atoms with Gasteiger partial charge >= 0.3 is 11.9 Å². The van der Waals surface area contributed by atoms with Gasteiger partial charge in [0, 0.05) is 12.5 Å². The molecule has 3 aromatic rings. The third-order valence-electron chi connectivity index (χ3n) is 5.61. The number of carbonyl (C=O) groups is 2. The van der Waals surface area contributed by atoms with E-state index in [0.717, 1.165) is 0 Å². The van der Waals surface area contributed by atoms with Gasteiger partial charge in [0.1, 0.15) is 5.75 Å². The van der Waals surface area contributed by atoms with Crippen molar-refractivity contribution >= 4 is 29.4 Å². The van der Waals surface area contributed by atoms with Gasteiger partial charge in [0.2, 0.25) is 0 Å².